The van der Waals surface area contributed by atoms with Crippen LogP contribution in [0.25, 0.3) is 0 Å². The molecule has 6 nitrogen and oxygen atoms in total. The highest BCUT2D eigenvalue weighted by atomic mass is 16.5. The van der Waals surface area contributed by atoms with Gasteiger partial charge in [-0.3, -0.25) is 0 Å². The van der Waals surface area contributed by atoms with Gasteiger partial charge in [0, 0.05) is 0 Å². The predicted octanol–water partition coefficient (Wildman–Crippen LogP) is -1.99. The third-order valence-corrected chi connectivity index (χ3v) is 0.471. The first-order chi connectivity index (χ1) is 5.15. The maximum atomic E-state index is 9.00. The van der Waals surface area contributed by atoms with Crippen molar-refractivity contribution in [3.63, 3.8) is 0 Å². The zero-order valence-electron chi connectivity index (χ0n) is 6.19. The number of carbonyl (C=O) groups is 1. The van der Waals surface area contributed by atoms with Gasteiger partial charge in [-0.25, -0.2) is 4.79 Å². The summed E-state index contributed by atoms with van der Waals surface area (Å²) in [6, 6.07) is -0.833. The topological polar surface area (TPSA) is 119 Å². The summed E-state index contributed by atoms with van der Waals surface area (Å²) in [7, 11) is 0. The normalized spacial score (nSPS) is 8.18. The maximum absolute atomic E-state index is 9.00. The Balaban J connectivity index is 0. The Morgan fingerprint density at radius 1 is 1.18 bits per heavy atom. The quantitative estimate of drug-likeness (QED) is 0.361. The highest BCUT2D eigenvalue weighted by Gasteiger charge is 1.79. The van der Waals surface area contributed by atoms with Gasteiger partial charge in [-0.05, 0) is 0 Å². The van der Waals surface area contributed by atoms with E-state index in [2.05, 4.69) is 16.2 Å². The van der Waals surface area contributed by atoms with Crippen molar-refractivity contribution in [3.8, 4) is 0 Å². The molecule has 0 unspecified atom stereocenters. The molecule has 11 heavy (non-hydrogen) atoms. The molecular formula is C5H14N2O4. The number of aliphatic hydroxyl groups excluding tert-OH is 2. The van der Waals surface area contributed by atoms with Gasteiger partial charge in [0.1, 0.15) is 0 Å². The summed E-state index contributed by atoms with van der Waals surface area (Å²) in [5.74, 6) is 0. The summed E-state index contributed by atoms with van der Waals surface area (Å²) in [5, 5.41) is 16.2. The van der Waals surface area contributed by atoms with E-state index < -0.39 is 6.03 Å². The van der Waals surface area contributed by atoms with Gasteiger partial charge in [0.25, 0.3) is 0 Å². The highest BCUT2D eigenvalue weighted by Crippen LogP contribution is 1.68. The van der Waals surface area contributed by atoms with Gasteiger partial charge in [-0.15, -0.1) is 0 Å². The van der Waals surface area contributed by atoms with Crippen LogP contribution in [0.2, 0.25) is 0 Å². The number of hydrogen-bond donors (Lipinski definition) is 4. The Labute approximate surface area is 64.7 Å². The number of aliphatic hydroxyl groups is 2. The van der Waals surface area contributed by atoms with E-state index in [1.165, 1.54) is 0 Å². The summed E-state index contributed by atoms with van der Waals surface area (Å²) < 4.78 is 4.63. The molecule has 6 heteroatoms. The molecule has 0 aliphatic rings. The molecule has 0 fully saturated rings. The molecular weight excluding hydrogens is 152 g/mol. The van der Waals surface area contributed by atoms with Crippen molar-refractivity contribution in [2.24, 2.45) is 11.5 Å². The molecule has 0 aliphatic heterocycles. The second-order valence-electron chi connectivity index (χ2n) is 1.46. The Bertz CT molecular complexity index is 80.6. The molecule has 0 saturated heterocycles. The molecule has 0 spiro atoms. The molecule has 0 aromatic carbocycles. The lowest BCUT2D eigenvalue weighted by molar-refractivity contribution is 0.0650. The molecule has 0 saturated carbocycles. The predicted molar refractivity (Wildman–Crippen MR) is 38.8 cm³/mol. The smallest absolute Gasteiger partial charge is 0.309 e. The van der Waals surface area contributed by atoms with Crippen LogP contribution in [-0.4, -0.2) is 42.7 Å². The van der Waals surface area contributed by atoms with E-state index in [1.54, 1.807) is 0 Å². The van der Waals surface area contributed by atoms with E-state index >= 15 is 0 Å². The standard InChI is InChI=1S/C4H10O3.CH4N2O/c5-1-3-7-4-2-6;2-1(3)4/h5-6H,1-4H2;(H4,2,3,4). The monoisotopic (exact) mass is 166 g/mol. The van der Waals surface area contributed by atoms with Crippen LogP contribution >= 0.6 is 0 Å². The van der Waals surface area contributed by atoms with E-state index in [-0.39, 0.29) is 13.2 Å². The second-order valence-corrected chi connectivity index (χ2v) is 1.46. The molecule has 0 aromatic heterocycles. The van der Waals surface area contributed by atoms with Gasteiger partial charge in [-0.2, -0.15) is 0 Å². The van der Waals surface area contributed by atoms with Gasteiger partial charge >= 0.3 is 6.03 Å². The molecule has 68 valence electrons. The summed E-state index contributed by atoms with van der Waals surface area (Å²) in [4.78, 5) is 9.00. The summed E-state index contributed by atoms with van der Waals surface area (Å²) >= 11 is 0. The van der Waals surface area contributed by atoms with Gasteiger partial charge in [0.05, 0.1) is 26.4 Å². The number of amides is 2. The van der Waals surface area contributed by atoms with E-state index in [9.17, 15) is 0 Å². The first kappa shape index (κ1) is 12.8. The van der Waals surface area contributed by atoms with Crippen LogP contribution in [0.1, 0.15) is 0 Å². The van der Waals surface area contributed by atoms with Gasteiger partial charge in [-0.1, -0.05) is 0 Å². The summed E-state index contributed by atoms with van der Waals surface area (Å²) in [6.07, 6.45) is 0. The lowest BCUT2D eigenvalue weighted by Crippen LogP contribution is -2.18. The van der Waals surface area contributed by atoms with E-state index in [0.717, 1.165) is 0 Å². The van der Waals surface area contributed by atoms with Crippen molar-refractivity contribution >= 4 is 6.03 Å². The zero-order chi connectivity index (χ0) is 9.11. The van der Waals surface area contributed by atoms with Gasteiger partial charge in [0.15, 0.2) is 0 Å². The third-order valence-electron chi connectivity index (χ3n) is 0.471. The fraction of sp³-hybridized carbons (Fsp3) is 0.800. The Kier molecular flexibility index (Phi) is 13.8. The third kappa shape index (κ3) is 47.1. The summed E-state index contributed by atoms with van der Waals surface area (Å²) in [6.45, 7) is 0.696. The van der Waals surface area contributed by atoms with E-state index in [4.69, 9.17) is 15.0 Å². The number of primary amides is 2. The maximum Gasteiger partial charge on any atom is 0.309 e. The minimum absolute atomic E-state index is 0.0278. The molecule has 0 aliphatic carbocycles. The number of rotatable bonds is 4. The minimum Gasteiger partial charge on any atom is -0.394 e. The van der Waals surface area contributed by atoms with E-state index in [1.807, 2.05) is 0 Å². The zero-order valence-corrected chi connectivity index (χ0v) is 6.19. The molecule has 0 aromatic rings. The van der Waals surface area contributed by atoms with Gasteiger partial charge in [0.2, 0.25) is 0 Å². The number of hydrogen-bond acceptors (Lipinski definition) is 4. The van der Waals surface area contributed by atoms with Crippen LogP contribution in [-0.2, 0) is 4.74 Å². The van der Waals surface area contributed by atoms with Crippen molar-refractivity contribution in [2.75, 3.05) is 26.4 Å². The Hall–Kier alpha value is -0.850. The SMILES string of the molecule is NC(N)=O.OCCOCCO. The summed E-state index contributed by atoms with van der Waals surface area (Å²) in [5.41, 5.74) is 8.50. The molecule has 0 rings (SSSR count). The Morgan fingerprint density at radius 3 is 1.64 bits per heavy atom. The Morgan fingerprint density at radius 2 is 1.45 bits per heavy atom. The first-order valence-corrected chi connectivity index (χ1v) is 2.99. The van der Waals surface area contributed by atoms with Gasteiger partial charge < -0.3 is 26.4 Å². The minimum atomic E-state index is -0.833. The first-order valence-electron chi connectivity index (χ1n) is 2.99. The van der Waals surface area contributed by atoms with Crippen LogP contribution in [0, 0.1) is 0 Å². The average molecular weight is 166 g/mol. The highest BCUT2D eigenvalue weighted by molar-refractivity contribution is 5.69. The van der Waals surface area contributed by atoms with Crippen LogP contribution in [0.3, 0.4) is 0 Å². The average Bonchev–Trinajstić information content (AvgIpc) is 1.88. The van der Waals surface area contributed by atoms with Crippen LogP contribution in [0.5, 0.6) is 0 Å². The van der Waals surface area contributed by atoms with Crippen molar-refractivity contribution < 1.29 is 19.7 Å². The lowest BCUT2D eigenvalue weighted by atomic mass is 10.7. The molecule has 2 amide bonds. The van der Waals surface area contributed by atoms with Crippen molar-refractivity contribution in [3.05, 3.63) is 0 Å². The number of nitrogens with two attached hydrogens (primary N) is 2. The molecule has 0 heterocycles. The van der Waals surface area contributed by atoms with Crippen LogP contribution < -0.4 is 11.5 Å². The van der Waals surface area contributed by atoms with Crippen molar-refractivity contribution in [1.29, 1.82) is 0 Å². The second kappa shape index (κ2) is 11.9. The van der Waals surface area contributed by atoms with Crippen molar-refractivity contribution in [1.82, 2.24) is 0 Å². The molecule has 6 N–H and O–H groups in total. The molecule has 0 bridgehead atoms. The molecule has 0 radical (unpaired) electrons. The number of urea groups is 1. The van der Waals surface area contributed by atoms with Crippen LogP contribution in [0.4, 0.5) is 4.79 Å². The number of carbonyl (C=O) groups excluding carboxylic acids is 1. The van der Waals surface area contributed by atoms with Crippen LogP contribution in [0.15, 0.2) is 0 Å². The number of ether oxygens (including phenoxy) is 1. The fourth-order valence-electron chi connectivity index (χ4n) is 0.231. The largest absolute Gasteiger partial charge is 0.394 e. The lowest BCUT2D eigenvalue weighted by Gasteiger charge is -1.94. The van der Waals surface area contributed by atoms with Crippen molar-refractivity contribution in [2.45, 2.75) is 0 Å². The molecule has 0 atom stereocenters. The fourth-order valence-corrected chi connectivity index (χ4v) is 0.231. The van der Waals surface area contributed by atoms with E-state index in [0.29, 0.717) is 13.2 Å².